The van der Waals surface area contributed by atoms with Crippen LogP contribution in [0, 0.1) is 11.6 Å². The second-order valence-electron chi connectivity index (χ2n) is 7.15. The average Bonchev–Trinajstić information content (AvgIpc) is 3.49. The van der Waals surface area contributed by atoms with Gasteiger partial charge >= 0.3 is 6.61 Å². The van der Waals surface area contributed by atoms with Gasteiger partial charge in [0.1, 0.15) is 11.3 Å². The summed E-state index contributed by atoms with van der Waals surface area (Å²) in [6.45, 7) is -3.15. The van der Waals surface area contributed by atoms with Gasteiger partial charge in [0.05, 0.1) is 5.52 Å². The lowest BCUT2D eigenvalue weighted by atomic mass is 10.3. The van der Waals surface area contributed by atoms with E-state index in [9.17, 15) is 17.6 Å². The zero-order chi connectivity index (χ0) is 22.4. The first-order valence-corrected chi connectivity index (χ1v) is 9.59. The monoisotopic (exact) mass is 445 g/mol. The molecule has 2 aromatic carbocycles. The Kier molecular flexibility index (Phi) is 4.76. The van der Waals surface area contributed by atoms with Crippen LogP contribution in [0.25, 0.3) is 17.0 Å². The fourth-order valence-corrected chi connectivity index (χ4v) is 3.34. The van der Waals surface area contributed by atoms with E-state index in [1.54, 1.807) is 16.7 Å². The zero-order valence-electron chi connectivity index (χ0n) is 16.3. The number of nitrogen functional groups attached to an aromatic ring is 1. The van der Waals surface area contributed by atoms with E-state index in [2.05, 4.69) is 30.0 Å². The quantitative estimate of drug-likeness (QED) is 0.427. The number of nitrogens with two attached hydrogens (primary N) is 1. The summed E-state index contributed by atoms with van der Waals surface area (Å²) in [6, 6.07) is 7.89. The Morgan fingerprint density at radius 1 is 1.03 bits per heavy atom. The molecule has 0 saturated heterocycles. The Morgan fingerprint density at radius 3 is 2.56 bits per heavy atom. The molecule has 0 radical (unpaired) electrons. The molecule has 0 unspecified atom stereocenters. The molecule has 0 aliphatic heterocycles. The van der Waals surface area contributed by atoms with Gasteiger partial charge in [-0.15, -0.1) is 0 Å². The summed E-state index contributed by atoms with van der Waals surface area (Å²) < 4.78 is 58.7. The molecule has 0 amide bonds. The minimum Gasteiger partial charge on any atom is -0.432 e. The van der Waals surface area contributed by atoms with Crippen LogP contribution in [0.3, 0.4) is 0 Å². The Morgan fingerprint density at radius 2 is 1.84 bits per heavy atom. The number of alkyl halides is 2. The molecule has 4 aromatic rings. The van der Waals surface area contributed by atoms with Crippen molar-refractivity contribution in [3.63, 3.8) is 0 Å². The average molecular weight is 445 g/mol. The standard InChI is InChI=1S/C20H15F4N7O/c21-11-2-1-3-13-15(11)27-16(9-4-5-9)31(13)20-29-18(25)28-19(30-20)26-10-6-7-14(12(22)8-10)32-17(23)24/h1-3,6-9,17H,4-5H2,(H3,25,26,28,29,30). The van der Waals surface area contributed by atoms with Gasteiger partial charge in [-0.05, 0) is 37.1 Å². The molecule has 8 nitrogen and oxygen atoms in total. The minimum atomic E-state index is -3.15. The second kappa shape index (κ2) is 7.62. The number of rotatable bonds is 6. The van der Waals surface area contributed by atoms with Crippen molar-refractivity contribution in [2.24, 2.45) is 0 Å². The molecule has 1 saturated carbocycles. The van der Waals surface area contributed by atoms with Crippen molar-refractivity contribution in [2.45, 2.75) is 25.4 Å². The van der Waals surface area contributed by atoms with Crippen LogP contribution in [0.1, 0.15) is 24.6 Å². The predicted molar refractivity (Wildman–Crippen MR) is 107 cm³/mol. The Bertz CT molecular complexity index is 1320. The molecular weight excluding hydrogens is 430 g/mol. The number of fused-ring (bicyclic) bond motifs is 1. The summed E-state index contributed by atoms with van der Waals surface area (Å²) in [5.74, 6) is -1.33. The highest BCUT2D eigenvalue weighted by molar-refractivity contribution is 5.78. The zero-order valence-corrected chi connectivity index (χ0v) is 16.3. The molecule has 5 rings (SSSR count). The number of imidazole rings is 1. The van der Waals surface area contributed by atoms with Gasteiger partial charge in [0.25, 0.3) is 0 Å². The Labute approximate surface area is 178 Å². The topological polar surface area (TPSA) is 104 Å². The van der Waals surface area contributed by atoms with Gasteiger partial charge in [-0.25, -0.2) is 13.8 Å². The van der Waals surface area contributed by atoms with Crippen LogP contribution < -0.4 is 15.8 Å². The molecule has 0 atom stereocenters. The first-order chi connectivity index (χ1) is 15.4. The number of para-hydroxylation sites is 1. The molecule has 3 N–H and O–H groups in total. The third-order valence-corrected chi connectivity index (χ3v) is 4.85. The lowest BCUT2D eigenvalue weighted by molar-refractivity contribution is -0.0521. The highest BCUT2D eigenvalue weighted by atomic mass is 19.3. The predicted octanol–water partition coefficient (Wildman–Crippen LogP) is 4.29. The molecule has 2 heterocycles. The maximum absolute atomic E-state index is 14.3. The molecule has 32 heavy (non-hydrogen) atoms. The number of nitrogens with zero attached hydrogens (tertiary/aromatic N) is 5. The third kappa shape index (κ3) is 3.74. The van der Waals surface area contributed by atoms with Gasteiger partial charge in [-0.2, -0.15) is 23.7 Å². The van der Waals surface area contributed by atoms with E-state index >= 15 is 0 Å². The maximum Gasteiger partial charge on any atom is 0.387 e. The third-order valence-electron chi connectivity index (χ3n) is 4.85. The van der Waals surface area contributed by atoms with Crippen LogP contribution in [0.4, 0.5) is 35.1 Å². The number of hydrogen-bond donors (Lipinski definition) is 2. The van der Waals surface area contributed by atoms with Gasteiger partial charge in [-0.3, -0.25) is 4.57 Å². The molecule has 1 fully saturated rings. The van der Waals surface area contributed by atoms with Gasteiger partial charge in [0.2, 0.25) is 17.8 Å². The molecule has 0 spiro atoms. The van der Waals surface area contributed by atoms with E-state index in [4.69, 9.17) is 5.73 Å². The summed E-state index contributed by atoms with van der Waals surface area (Å²) in [5.41, 5.74) is 6.70. The minimum absolute atomic E-state index is 0.0190. The SMILES string of the molecule is Nc1nc(Nc2ccc(OC(F)F)c(F)c2)nc(-n2c(C3CC3)nc3c(F)cccc32)n1. The summed E-state index contributed by atoms with van der Waals surface area (Å²) in [7, 11) is 0. The van der Waals surface area contributed by atoms with E-state index in [1.807, 2.05) is 0 Å². The molecule has 0 bridgehead atoms. The molecule has 1 aliphatic rings. The largest absolute Gasteiger partial charge is 0.432 e. The lowest BCUT2D eigenvalue weighted by Gasteiger charge is -2.11. The summed E-state index contributed by atoms with van der Waals surface area (Å²) in [4.78, 5) is 16.9. The maximum atomic E-state index is 14.3. The molecule has 164 valence electrons. The normalized spacial score (nSPS) is 13.7. The molecule has 1 aliphatic carbocycles. The van der Waals surface area contributed by atoms with Crippen molar-refractivity contribution < 1.29 is 22.3 Å². The van der Waals surface area contributed by atoms with Crippen LogP contribution in [-0.4, -0.2) is 31.1 Å². The smallest absolute Gasteiger partial charge is 0.387 e. The van der Waals surface area contributed by atoms with Gasteiger partial charge in [-0.1, -0.05) is 6.07 Å². The first kappa shape index (κ1) is 20.0. The highest BCUT2D eigenvalue weighted by Crippen LogP contribution is 2.41. The van der Waals surface area contributed by atoms with Gasteiger partial charge < -0.3 is 15.8 Å². The van der Waals surface area contributed by atoms with Crippen LogP contribution in [0.2, 0.25) is 0 Å². The van der Waals surface area contributed by atoms with E-state index in [-0.39, 0.29) is 35.0 Å². The van der Waals surface area contributed by atoms with E-state index in [1.165, 1.54) is 12.1 Å². The van der Waals surface area contributed by atoms with Crippen molar-refractivity contribution in [1.29, 1.82) is 0 Å². The van der Waals surface area contributed by atoms with E-state index in [0.29, 0.717) is 11.3 Å². The van der Waals surface area contributed by atoms with Crippen molar-refractivity contribution in [3.8, 4) is 11.7 Å². The van der Waals surface area contributed by atoms with Crippen LogP contribution in [0.5, 0.6) is 5.75 Å². The summed E-state index contributed by atoms with van der Waals surface area (Å²) in [6.07, 6.45) is 1.81. The fraction of sp³-hybridized carbons (Fsp3) is 0.200. The van der Waals surface area contributed by atoms with Crippen molar-refractivity contribution in [2.75, 3.05) is 11.1 Å². The number of hydrogen-bond acceptors (Lipinski definition) is 7. The Balaban J connectivity index is 1.54. The number of aromatic nitrogens is 5. The summed E-state index contributed by atoms with van der Waals surface area (Å²) >= 11 is 0. The highest BCUT2D eigenvalue weighted by Gasteiger charge is 2.31. The van der Waals surface area contributed by atoms with Gasteiger partial charge in [0.15, 0.2) is 17.4 Å². The van der Waals surface area contributed by atoms with E-state index in [0.717, 1.165) is 25.0 Å². The Hall–Kier alpha value is -3.96. The number of anilines is 3. The molecule has 2 aromatic heterocycles. The summed E-state index contributed by atoms with van der Waals surface area (Å²) in [5, 5.41) is 2.76. The lowest BCUT2D eigenvalue weighted by Crippen LogP contribution is -2.11. The van der Waals surface area contributed by atoms with Crippen LogP contribution >= 0.6 is 0 Å². The number of halogens is 4. The fourth-order valence-electron chi connectivity index (χ4n) is 3.34. The second-order valence-corrected chi connectivity index (χ2v) is 7.15. The van der Waals surface area contributed by atoms with E-state index < -0.39 is 24.0 Å². The van der Waals surface area contributed by atoms with Crippen molar-refractivity contribution in [3.05, 3.63) is 53.9 Å². The van der Waals surface area contributed by atoms with Crippen molar-refractivity contribution >= 4 is 28.6 Å². The van der Waals surface area contributed by atoms with Crippen LogP contribution in [-0.2, 0) is 0 Å². The van der Waals surface area contributed by atoms with Crippen LogP contribution in [0.15, 0.2) is 36.4 Å². The van der Waals surface area contributed by atoms with Gasteiger partial charge in [0, 0.05) is 17.7 Å². The number of nitrogens with one attached hydrogen (secondary N) is 1. The van der Waals surface area contributed by atoms with Crippen molar-refractivity contribution in [1.82, 2.24) is 24.5 Å². The first-order valence-electron chi connectivity index (χ1n) is 9.59. The molecule has 12 heteroatoms. The molecular formula is C20H15F4N7O. The number of ether oxygens (including phenoxy) is 1. The number of benzene rings is 2.